The Hall–Kier alpha value is -1.06. The van der Waals surface area contributed by atoms with E-state index in [9.17, 15) is 0 Å². The molecule has 0 amide bonds. The molecule has 1 rings (SSSR count). The van der Waals surface area contributed by atoms with Crippen molar-refractivity contribution in [3.05, 3.63) is 29.8 Å². The van der Waals surface area contributed by atoms with E-state index in [0.29, 0.717) is 5.92 Å². The van der Waals surface area contributed by atoms with Crippen molar-refractivity contribution in [2.45, 2.75) is 33.1 Å². The zero-order valence-corrected chi connectivity index (χ0v) is 14.0. The standard InChI is InChI=1S/C18H31NO2/c1-5-6-15(2)17(14-19-11-12-20-3)13-16-7-9-18(21-4)10-8-16/h7-10,15,17,19H,5-6,11-14H2,1-4H3. The number of nitrogens with one attached hydrogen (secondary N) is 1. The first-order valence-corrected chi connectivity index (χ1v) is 8.03. The van der Waals surface area contributed by atoms with Crippen molar-refractivity contribution >= 4 is 0 Å². The van der Waals surface area contributed by atoms with Gasteiger partial charge in [0.05, 0.1) is 13.7 Å². The van der Waals surface area contributed by atoms with Gasteiger partial charge < -0.3 is 14.8 Å². The third-order valence-electron chi connectivity index (χ3n) is 4.10. The predicted molar refractivity (Wildman–Crippen MR) is 89.0 cm³/mol. The highest BCUT2D eigenvalue weighted by Gasteiger charge is 2.17. The van der Waals surface area contributed by atoms with Crippen LogP contribution >= 0.6 is 0 Å². The fourth-order valence-electron chi connectivity index (χ4n) is 2.69. The summed E-state index contributed by atoms with van der Waals surface area (Å²) < 4.78 is 10.3. The van der Waals surface area contributed by atoms with E-state index in [-0.39, 0.29) is 0 Å². The van der Waals surface area contributed by atoms with E-state index in [1.807, 2.05) is 0 Å². The van der Waals surface area contributed by atoms with Gasteiger partial charge in [0.2, 0.25) is 0 Å². The second-order valence-corrected chi connectivity index (χ2v) is 5.78. The molecule has 0 fully saturated rings. The lowest BCUT2D eigenvalue weighted by Gasteiger charge is -2.24. The van der Waals surface area contributed by atoms with Crippen LogP contribution < -0.4 is 10.1 Å². The first-order valence-electron chi connectivity index (χ1n) is 8.03. The molecule has 0 bridgehead atoms. The van der Waals surface area contributed by atoms with Crippen molar-refractivity contribution in [1.29, 1.82) is 0 Å². The summed E-state index contributed by atoms with van der Waals surface area (Å²) in [4.78, 5) is 0. The second kappa shape index (κ2) is 10.6. The molecule has 0 aliphatic rings. The highest BCUT2D eigenvalue weighted by molar-refractivity contribution is 5.27. The zero-order valence-electron chi connectivity index (χ0n) is 14.0. The summed E-state index contributed by atoms with van der Waals surface area (Å²) in [6.45, 7) is 7.39. The molecule has 0 radical (unpaired) electrons. The number of hydrogen-bond donors (Lipinski definition) is 1. The Morgan fingerprint density at radius 2 is 1.86 bits per heavy atom. The number of benzene rings is 1. The van der Waals surface area contributed by atoms with E-state index in [1.54, 1.807) is 14.2 Å². The van der Waals surface area contributed by atoms with Crippen molar-refractivity contribution in [1.82, 2.24) is 5.32 Å². The summed E-state index contributed by atoms with van der Waals surface area (Å²) in [7, 11) is 3.46. The molecule has 1 N–H and O–H groups in total. The van der Waals surface area contributed by atoms with Crippen LogP contribution in [0.5, 0.6) is 5.75 Å². The fraction of sp³-hybridized carbons (Fsp3) is 0.667. The van der Waals surface area contributed by atoms with Crippen LogP contribution in [0.3, 0.4) is 0 Å². The van der Waals surface area contributed by atoms with Crippen molar-refractivity contribution in [2.75, 3.05) is 33.9 Å². The molecule has 2 unspecified atom stereocenters. The zero-order chi connectivity index (χ0) is 15.5. The van der Waals surface area contributed by atoms with Crippen LogP contribution in [0.4, 0.5) is 0 Å². The van der Waals surface area contributed by atoms with Gasteiger partial charge in [0.25, 0.3) is 0 Å². The Bertz CT molecular complexity index is 364. The largest absolute Gasteiger partial charge is 0.497 e. The van der Waals surface area contributed by atoms with E-state index in [0.717, 1.165) is 37.8 Å². The van der Waals surface area contributed by atoms with Gasteiger partial charge in [0, 0.05) is 13.7 Å². The highest BCUT2D eigenvalue weighted by atomic mass is 16.5. The lowest BCUT2D eigenvalue weighted by Crippen LogP contribution is -2.31. The minimum atomic E-state index is 0.662. The molecule has 0 aliphatic heterocycles. The first kappa shape index (κ1) is 18.0. The van der Waals surface area contributed by atoms with Gasteiger partial charge in [-0.1, -0.05) is 38.8 Å². The lowest BCUT2D eigenvalue weighted by atomic mass is 9.85. The van der Waals surface area contributed by atoms with Crippen molar-refractivity contribution in [3.8, 4) is 5.75 Å². The molecule has 0 saturated carbocycles. The van der Waals surface area contributed by atoms with Gasteiger partial charge in [0.15, 0.2) is 0 Å². The normalized spacial score (nSPS) is 13.9. The van der Waals surface area contributed by atoms with E-state index >= 15 is 0 Å². The van der Waals surface area contributed by atoms with Crippen molar-refractivity contribution in [2.24, 2.45) is 11.8 Å². The number of ether oxygens (including phenoxy) is 2. The van der Waals surface area contributed by atoms with E-state index in [1.165, 1.54) is 18.4 Å². The molecule has 0 spiro atoms. The molecule has 21 heavy (non-hydrogen) atoms. The molecule has 120 valence electrons. The second-order valence-electron chi connectivity index (χ2n) is 5.78. The topological polar surface area (TPSA) is 30.5 Å². The van der Waals surface area contributed by atoms with Crippen LogP contribution in [0.15, 0.2) is 24.3 Å². The van der Waals surface area contributed by atoms with E-state index in [2.05, 4.69) is 43.4 Å². The molecule has 0 aliphatic carbocycles. The van der Waals surface area contributed by atoms with E-state index in [4.69, 9.17) is 9.47 Å². The predicted octanol–water partition coefficient (Wildman–Crippen LogP) is 3.53. The quantitative estimate of drug-likeness (QED) is 0.633. The van der Waals surface area contributed by atoms with Crippen LogP contribution in [-0.2, 0) is 11.2 Å². The van der Waals surface area contributed by atoms with Crippen LogP contribution in [0, 0.1) is 11.8 Å². The van der Waals surface area contributed by atoms with Gasteiger partial charge in [-0.05, 0) is 42.5 Å². The highest BCUT2D eigenvalue weighted by Crippen LogP contribution is 2.22. The monoisotopic (exact) mass is 293 g/mol. The van der Waals surface area contributed by atoms with E-state index < -0.39 is 0 Å². The van der Waals surface area contributed by atoms with Gasteiger partial charge in [-0.3, -0.25) is 0 Å². The molecular weight excluding hydrogens is 262 g/mol. The minimum absolute atomic E-state index is 0.662. The molecule has 3 nitrogen and oxygen atoms in total. The molecule has 1 aromatic rings. The summed E-state index contributed by atoms with van der Waals surface area (Å²) >= 11 is 0. The fourth-order valence-corrected chi connectivity index (χ4v) is 2.69. The number of methoxy groups -OCH3 is 2. The summed E-state index contributed by atoms with van der Waals surface area (Å²) in [6.07, 6.45) is 3.65. The molecule has 3 heteroatoms. The van der Waals surface area contributed by atoms with Gasteiger partial charge in [-0.25, -0.2) is 0 Å². The maximum atomic E-state index is 5.23. The Kier molecular flexibility index (Phi) is 9.11. The van der Waals surface area contributed by atoms with Gasteiger partial charge in [0.1, 0.15) is 5.75 Å². The summed E-state index contributed by atoms with van der Waals surface area (Å²) in [5.74, 6) is 2.32. The molecular formula is C18H31NO2. The van der Waals surface area contributed by atoms with Crippen molar-refractivity contribution < 1.29 is 9.47 Å². The third-order valence-corrected chi connectivity index (χ3v) is 4.10. The Labute approximate surface area is 130 Å². The Morgan fingerprint density at radius 3 is 2.43 bits per heavy atom. The average Bonchev–Trinajstić information content (AvgIpc) is 2.51. The average molecular weight is 293 g/mol. The van der Waals surface area contributed by atoms with Crippen LogP contribution in [0.2, 0.25) is 0 Å². The van der Waals surface area contributed by atoms with Gasteiger partial charge >= 0.3 is 0 Å². The minimum Gasteiger partial charge on any atom is -0.497 e. The molecule has 0 heterocycles. The molecule has 2 atom stereocenters. The number of rotatable bonds is 11. The first-order chi connectivity index (χ1) is 10.2. The maximum Gasteiger partial charge on any atom is 0.118 e. The smallest absolute Gasteiger partial charge is 0.118 e. The Balaban J connectivity index is 2.57. The van der Waals surface area contributed by atoms with Gasteiger partial charge in [-0.15, -0.1) is 0 Å². The molecule has 0 aromatic heterocycles. The van der Waals surface area contributed by atoms with Crippen LogP contribution in [0.1, 0.15) is 32.3 Å². The summed E-state index contributed by atoms with van der Waals surface area (Å²) in [5, 5.41) is 3.52. The summed E-state index contributed by atoms with van der Waals surface area (Å²) in [6, 6.07) is 8.46. The third kappa shape index (κ3) is 6.96. The SMILES string of the molecule is CCCC(C)C(CNCCOC)Cc1ccc(OC)cc1. The Morgan fingerprint density at radius 1 is 1.14 bits per heavy atom. The summed E-state index contributed by atoms with van der Waals surface area (Å²) in [5.41, 5.74) is 1.39. The lowest BCUT2D eigenvalue weighted by molar-refractivity contribution is 0.195. The van der Waals surface area contributed by atoms with Gasteiger partial charge in [-0.2, -0.15) is 0 Å². The molecule has 0 saturated heterocycles. The van der Waals surface area contributed by atoms with Crippen molar-refractivity contribution in [3.63, 3.8) is 0 Å². The van der Waals surface area contributed by atoms with Crippen LogP contribution in [0.25, 0.3) is 0 Å². The maximum absolute atomic E-state index is 5.23. The molecule has 1 aromatic carbocycles. The number of hydrogen-bond acceptors (Lipinski definition) is 3. The van der Waals surface area contributed by atoms with Crippen LogP contribution in [-0.4, -0.2) is 33.9 Å².